The number of benzene rings is 1. The van der Waals surface area contributed by atoms with Crippen molar-refractivity contribution in [2.45, 2.75) is 24.9 Å². The van der Waals surface area contributed by atoms with E-state index in [1.807, 2.05) is 30.3 Å². The maximum absolute atomic E-state index is 13.4. The fourth-order valence-electron chi connectivity index (χ4n) is 3.56. The third-order valence-corrected chi connectivity index (χ3v) is 8.09. The zero-order chi connectivity index (χ0) is 17.6. The van der Waals surface area contributed by atoms with E-state index in [-0.39, 0.29) is 5.78 Å². The standard InChI is InChI=1S/C18H18NO4PS/c1-22-24(21,23-2)17-15(11-7-4-3-5-8-11)19-18-14(16(17)20)12-9-6-10-13(12)25-18/h3-5,7-8,17H,6,9-10H2,1-2H3. The molecule has 0 saturated heterocycles. The molecule has 2 heterocycles. The van der Waals surface area contributed by atoms with E-state index in [1.165, 1.54) is 19.1 Å². The predicted octanol–water partition coefficient (Wildman–Crippen LogP) is 4.41. The zero-order valence-electron chi connectivity index (χ0n) is 14.0. The smallest absolute Gasteiger partial charge is 0.311 e. The molecule has 4 rings (SSSR count). The third-order valence-electron chi connectivity index (χ3n) is 4.77. The van der Waals surface area contributed by atoms with Gasteiger partial charge in [0.25, 0.3) is 0 Å². The summed E-state index contributed by atoms with van der Waals surface area (Å²) in [5, 5.41) is 0.726. The van der Waals surface area contributed by atoms with Crippen molar-refractivity contribution in [2.75, 3.05) is 14.2 Å². The summed E-state index contributed by atoms with van der Waals surface area (Å²) in [5.74, 6) is -0.199. The summed E-state index contributed by atoms with van der Waals surface area (Å²) in [6.45, 7) is 0. The van der Waals surface area contributed by atoms with E-state index in [0.29, 0.717) is 11.3 Å². The van der Waals surface area contributed by atoms with Gasteiger partial charge >= 0.3 is 7.60 Å². The number of carbonyl (C=O) groups excluding carboxylic acids is 1. The first kappa shape index (κ1) is 16.9. The van der Waals surface area contributed by atoms with Crippen LogP contribution in [0.15, 0.2) is 35.3 Å². The van der Waals surface area contributed by atoms with Crippen LogP contribution in [0.1, 0.15) is 32.8 Å². The minimum atomic E-state index is -3.67. The first-order chi connectivity index (χ1) is 12.1. The normalized spacial score (nSPS) is 19.5. The molecule has 1 aromatic carbocycles. The molecule has 0 amide bonds. The van der Waals surface area contributed by atoms with E-state index in [2.05, 4.69) is 0 Å². The second-order valence-corrected chi connectivity index (χ2v) is 9.48. The Morgan fingerprint density at radius 2 is 1.88 bits per heavy atom. The highest BCUT2D eigenvalue weighted by Gasteiger charge is 2.48. The van der Waals surface area contributed by atoms with Crippen LogP contribution in [0.5, 0.6) is 0 Å². The van der Waals surface area contributed by atoms with E-state index in [1.54, 1.807) is 11.3 Å². The lowest BCUT2D eigenvalue weighted by atomic mass is 9.95. The molecule has 7 heteroatoms. The number of aliphatic imine (C=N–C) groups is 1. The summed E-state index contributed by atoms with van der Waals surface area (Å²) >= 11 is 1.57. The number of nitrogens with zero attached hydrogens (tertiary/aromatic N) is 1. The Morgan fingerprint density at radius 3 is 2.56 bits per heavy atom. The predicted molar refractivity (Wildman–Crippen MR) is 98.7 cm³/mol. The summed E-state index contributed by atoms with van der Waals surface area (Å²) in [6.07, 6.45) is 2.90. The number of ketones is 1. The van der Waals surface area contributed by atoms with Gasteiger partial charge in [0.1, 0.15) is 5.00 Å². The quantitative estimate of drug-likeness (QED) is 0.743. The van der Waals surface area contributed by atoms with Gasteiger partial charge in [-0.1, -0.05) is 30.3 Å². The van der Waals surface area contributed by atoms with Gasteiger partial charge in [-0.05, 0) is 30.4 Å². The van der Waals surface area contributed by atoms with Crippen molar-refractivity contribution >= 4 is 35.4 Å². The number of hydrogen-bond donors (Lipinski definition) is 0. The van der Waals surface area contributed by atoms with E-state index >= 15 is 0 Å². The van der Waals surface area contributed by atoms with Crippen LogP contribution in [0.25, 0.3) is 0 Å². The van der Waals surface area contributed by atoms with Crippen LogP contribution in [0.3, 0.4) is 0 Å². The molecule has 2 aromatic rings. The largest absolute Gasteiger partial charge is 0.347 e. The molecule has 1 aromatic heterocycles. The molecular formula is C18H18NO4PS. The first-order valence-electron chi connectivity index (χ1n) is 8.13. The lowest BCUT2D eigenvalue weighted by Gasteiger charge is -2.27. The minimum Gasteiger partial charge on any atom is -0.311 e. The molecule has 130 valence electrons. The number of fused-ring (bicyclic) bond motifs is 3. The van der Waals surface area contributed by atoms with E-state index in [4.69, 9.17) is 14.0 Å². The lowest BCUT2D eigenvalue weighted by Crippen LogP contribution is -2.34. The molecular weight excluding hydrogens is 357 g/mol. The summed E-state index contributed by atoms with van der Waals surface area (Å²) < 4.78 is 23.6. The van der Waals surface area contributed by atoms with Crippen molar-refractivity contribution in [3.8, 4) is 0 Å². The van der Waals surface area contributed by atoms with Crippen LogP contribution < -0.4 is 0 Å². The van der Waals surface area contributed by atoms with Gasteiger partial charge in [0, 0.05) is 19.1 Å². The van der Waals surface area contributed by atoms with Crippen LogP contribution in [-0.4, -0.2) is 31.4 Å². The maximum atomic E-state index is 13.4. The second kappa shape index (κ2) is 6.29. The third kappa shape index (κ3) is 2.56. The molecule has 1 aliphatic carbocycles. The van der Waals surface area contributed by atoms with Crippen molar-refractivity contribution in [3.63, 3.8) is 0 Å². The van der Waals surface area contributed by atoms with Crippen molar-refractivity contribution in [1.82, 2.24) is 0 Å². The molecule has 25 heavy (non-hydrogen) atoms. The Morgan fingerprint density at radius 1 is 1.16 bits per heavy atom. The zero-order valence-corrected chi connectivity index (χ0v) is 15.7. The van der Waals surface area contributed by atoms with Crippen molar-refractivity contribution < 1.29 is 18.4 Å². The highest BCUT2D eigenvalue weighted by Crippen LogP contribution is 2.57. The molecule has 0 saturated carbocycles. The van der Waals surface area contributed by atoms with E-state index in [9.17, 15) is 9.36 Å². The lowest BCUT2D eigenvalue weighted by molar-refractivity contribution is 0.0991. The summed E-state index contributed by atoms with van der Waals surface area (Å²) in [5.41, 5.74) is 1.89. The fraction of sp³-hybridized carbons (Fsp3) is 0.333. The molecule has 0 N–H and O–H groups in total. The highest BCUT2D eigenvalue weighted by molar-refractivity contribution is 7.57. The molecule has 1 unspecified atom stereocenters. The summed E-state index contributed by atoms with van der Waals surface area (Å²) in [7, 11) is -1.04. The molecule has 0 spiro atoms. The van der Waals surface area contributed by atoms with Crippen molar-refractivity contribution in [2.24, 2.45) is 4.99 Å². The molecule has 0 fully saturated rings. The monoisotopic (exact) mass is 375 g/mol. The molecule has 0 bridgehead atoms. The average molecular weight is 375 g/mol. The van der Waals surface area contributed by atoms with Gasteiger partial charge < -0.3 is 9.05 Å². The van der Waals surface area contributed by atoms with Crippen LogP contribution >= 0.6 is 18.9 Å². The van der Waals surface area contributed by atoms with Gasteiger partial charge in [0.05, 0.1) is 11.3 Å². The minimum absolute atomic E-state index is 0.199. The maximum Gasteiger partial charge on any atom is 0.347 e. The van der Waals surface area contributed by atoms with Crippen molar-refractivity contribution in [3.05, 3.63) is 51.9 Å². The SMILES string of the molecule is COP(=O)(OC)C1C(=O)c2c(sc3c2CCC3)N=C1c1ccccc1. The van der Waals surface area contributed by atoms with Gasteiger partial charge in [-0.15, -0.1) is 11.3 Å². The second-order valence-electron chi connectivity index (χ2n) is 6.07. The molecule has 5 nitrogen and oxygen atoms in total. The number of aryl methyl sites for hydroxylation is 1. The van der Waals surface area contributed by atoms with Gasteiger partial charge in [-0.2, -0.15) is 0 Å². The van der Waals surface area contributed by atoms with Gasteiger partial charge in [-0.25, -0.2) is 4.99 Å². The Bertz CT molecular complexity index is 911. The first-order valence-corrected chi connectivity index (χ1v) is 10.6. The molecule has 2 aliphatic rings. The topological polar surface area (TPSA) is 65.0 Å². The van der Waals surface area contributed by atoms with Crippen LogP contribution in [0.2, 0.25) is 0 Å². The van der Waals surface area contributed by atoms with Crippen LogP contribution in [0.4, 0.5) is 5.00 Å². The van der Waals surface area contributed by atoms with Gasteiger partial charge in [0.15, 0.2) is 11.4 Å². The summed E-state index contributed by atoms with van der Waals surface area (Å²) in [4.78, 5) is 19.4. The molecule has 1 atom stereocenters. The fourth-order valence-corrected chi connectivity index (χ4v) is 6.33. The van der Waals surface area contributed by atoms with Crippen molar-refractivity contribution in [1.29, 1.82) is 0 Å². The van der Waals surface area contributed by atoms with E-state index < -0.39 is 13.3 Å². The van der Waals surface area contributed by atoms with Gasteiger partial charge in [-0.3, -0.25) is 9.36 Å². The van der Waals surface area contributed by atoms with E-state index in [0.717, 1.165) is 35.4 Å². The molecule has 0 radical (unpaired) electrons. The van der Waals surface area contributed by atoms with Crippen LogP contribution in [0, 0.1) is 0 Å². The number of thiophene rings is 1. The Balaban J connectivity index is 1.95. The number of Topliss-reactive ketones (excluding diaryl/α,β-unsaturated/α-hetero) is 1. The highest BCUT2D eigenvalue weighted by atomic mass is 32.1. The Hall–Kier alpha value is -1.59. The number of hydrogen-bond acceptors (Lipinski definition) is 6. The molecule has 1 aliphatic heterocycles. The Kier molecular flexibility index (Phi) is 4.24. The number of rotatable bonds is 4. The number of carbonyl (C=O) groups is 1. The Labute approximate surface area is 150 Å². The average Bonchev–Trinajstić information content (AvgIpc) is 3.22. The summed E-state index contributed by atoms with van der Waals surface area (Å²) in [6, 6.07) is 9.35. The van der Waals surface area contributed by atoms with Crippen LogP contribution in [-0.2, 0) is 26.5 Å². The van der Waals surface area contributed by atoms with Gasteiger partial charge in [0.2, 0.25) is 0 Å².